The van der Waals surface area contributed by atoms with Gasteiger partial charge in [0.05, 0.1) is 12.6 Å². The Kier molecular flexibility index (Phi) is 3.97. The summed E-state index contributed by atoms with van der Waals surface area (Å²) in [6, 6.07) is 8.19. The van der Waals surface area contributed by atoms with E-state index in [9.17, 15) is 4.79 Å². The van der Waals surface area contributed by atoms with Gasteiger partial charge in [-0.05, 0) is 12.8 Å². The van der Waals surface area contributed by atoms with Gasteiger partial charge >= 0.3 is 5.97 Å². The molecule has 0 radical (unpaired) electrons. The lowest BCUT2D eigenvalue weighted by Crippen LogP contribution is -2.31. The van der Waals surface area contributed by atoms with Crippen LogP contribution in [0.25, 0.3) is 22.6 Å². The van der Waals surface area contributed by atoms with E-state index >= 15 is 0 Å². The van der Waals surface area contributed by atoms with Crippen LogP contribution in [0.15, 0.2) is 52.0 Å². The van der Waals surface area contributed by atoms with Crippen LogP contribution < -0.4 is 4.90 Å². The van der Waals surface area contributed by atoms with E-state index in [0.29, 0.717) is 11.8 Å². The Morgan fingerprint density at radius 3 is 2.76 bits per heavy atom. The number of aliphatic carboxylic acids is 1. The molecule has 1 saturated heterocycles. The number of aromatic nitrogens is 2. The van der Waals surface area contributed by atoms with Crippen molar-refractivity contribution in [2.45, 2.75) is 25.3 Å². The molecule has 128 valence electrons. The molecule has 1 aliphatic heterocycles. The molecule has 1 aliphatic rings. The Morgan fingerprint density at radius 1 is 1.24 bits per heavy atom. The number of hydrogen-bond donors (Lipinski definition) is 1. The first-order valence-corrected chi connectivity index (χ1v) is 8.14. The van der Waals surface area contributed by atoms with Gasteiger partial charge in [0, 0.05) is 23.7 Å². The summed E-state index contributed by atoms with van der Waals surface area (Å²) in [4.78, 5) is 21.4. The molecule has 2 aromatic heterocycles. The summed E-state index contributed by atoms with van der Waals surface area (Å²) in [6.45, 7) is 0.766. The van der Waals surface area contributed by atoms with Crippen molar-refractivity contribution in [1.82, 2.24) is 9.97 Å². The minimum atomic E-state index is -0.799. The van der Waals surface area contributed by atoms with Crippen LogP contribution in [0.3, 0.4) is 0 Å². The quantitative estimate of drug-likeness (QED) is 0.761. The number of carboxylic acids is 1. The van der Waals surface area contributed by atoms with Crippen LogP contribution in [0.1, 0.15) is 19.3 Å². The van der Waals surface area contributed by atoms with Crippen LogP contribution in [-0.4, -0.2) is 33.6 Å². The Labute approximate surface area is 143 Å². The lowest BCUT2D eigenvalue weighted by molar-refractivity contribution is -0.137. The molecular weight excluding hydrogens is 322 g/mol. The van der Waals surface area contributed by atoms with E-state index in [1.165, 1.54) is 6.39 Å². The van der Waals surface area contributed by atoms with Crippen LogP contribution in [0.5, 0.6) is 0 Å². The fourth-order valence-electron chi connectivity index (χ4n) is 3.19. The zero-order valence-electron chi connectivity index (χ0n) is 13.5. The van der Waals surface area contributed by atoms with E-state index in [0.717, 1.165) is 36.2 Å². The molecule has 1 aromatic carbocycles. The highest BCUT2D eigenvalue weighted by Gasteiger charge is 2.29. The second-order valence-electron chi connectivity index (χ2n) is 6.05. The first kappa shape index (κ1) is 15.4. The maximum Gasteiger partial charge on any atom is 0.305 e. The summed E-state index contributed by atoms with van der Waals surface area (Å²) in [5.41, 5.74) is 2.58. The maximum atomic E-state index is 11.0. The van der Waals surface area contributed by atoms with E-state index in [-0.39, 0.29) is 12.5 Å². The van der Waals surface area contributed by atoms with Crippen LogP contribution in [0.4, 0.5) is 6.01 Å². The molecule has 7 heteroatoms. The third kappa shape index (κ3) is 3.13. The summed E-state index contributed by atoms with van der Waals surface area (Å²) in [5, 5.41) is 9.04. The van der Waals surface area contributed by atoms with Crippen molar-refractivity contribution in [2.75, 3.05) is 11.4 Å². The highest BCUT2D eigenvalue weighted by molar-refractivity contribution is 5.69. The molecule has 0 spiro atoms. The Morgan fingerprint density at radius 2 is 2.04 bits per heavy atom. The molecule has 1 atom stereocenters. The number of nitrogens with zero attached hydrogens (tertiary/aromatic N) is 3. The van der Waals surface area contributed by atoms with Crippen molar-refractivity contribution in [3.05, 3.63) is 43.1 Å². The lowest BCUT2D eigenvalue weighted by atomic mass is 10.1. The maximum absolute atomic E-state index is 11.0. The molecule has 3 aromatic rings. The second kappa shape index (κ2) is 6.43. The van der Waals surface area contributed by atoms with Gasteiger partial charge in [-0.25, -0.2) is 4.98 Å². The predicted molar refractivity (Wildman–Crippen MR) is 90.1 cm³/mol. The summed E-state index contributed by atoms with van der Waals surface area (Å²) >= 11 is 0. The molecule has 7 nitrogen and oxygen atoms in total. The minimum Gasteiger partial charge on any atom is -0.481 e. The van der Waals surface area contributed by atoms with Crippen molar-refractivity contribution < 1.29 is 18.7 Å². The number of anilines is 1. The first-order chi connectivity index (χ1) is 12.2. The van der Waals surface area contributed by atoms with Gasteiger partial charge in [-0.1, -0.05) is 24.3 Å². The normalized spacial score (nSPS) is 17.1. The van der Waals surface area contributed by atoms with Gasteiger partial charge in [0.1, 0.15) is 12.0 Å². The van der Waals surface area contributed by atoms with Gasteiger partial charge < -0.3 is 18.8 Å². The fraction of sp³-hybridized carbons (Fsp3) is 0.278. The number of benzene rings is 1. The third-order valence-corrected chi connectivity index (χ3v) is 4.42. The van der Waals surface area contributed by atoms with E-state index in [1.807, 2.05) is 29.2 Å². The van der Waals surface area contributed by atoms with E-state index in [2.05, 4.69) is 9.97 Å². The Balaban J connectivity index is 1.54. The van der Waals surface area contributed by atoms with Crippen LogP contribution >= 0.6 is 0 Å². The topological polar surface area (TPSA) is 92.6 Å². The minimum absolute atomic E-state index is 0.0576. The summed E-state index contributed by atoms with van der Waals surface area (Å²) < 4.78 is 10.9. The highest BCUT2D eigenvalue weighted by atomic mass is 16.4. The zero-order valence-corrected chi connectivity index (χ0v) is 13.5. The SMILES string of the molecule is O=C(O)CC1CCCN1c1nc(-c2ccc(-c3cnco3)cc2)co1. The van der Waals surface area contributed by atoms with Gasteiger partial charge in [0.2, 0.25) is 0 Å². The molecule has 25 heavy (non-hydrogen) atoms. The average Bonchev–Trinajstić information content (AvgIpc) is 3.36. The van der Waals surface area contributed by atoms with E-state index < -0.39 is 5.97 Å². The molecule has 0 bridgehead atoms. The number of carbonyl (C=O) groups is 1. The van der Waals surface area contributed by atoms with Gasteiger partial charge in [-0.3, -0.25) is 4.79 Å². The average molecular weight is 339 g/mol. The van der Waals surface area contributed by atoms with Crippen molar-refractivity contribution in [2.24, 2.45) is 0 Å². The molecule has 4 rings (SSSR count). The van der Waals surface area contributed by atoms with Gasteiger partial charge in [0.15, 0.2) is 12.2 Å². The van der Waals surface area contributed by atoms with Crippen molar-refractivity contribution in [3.63, 3.8) is 0 Å². The van der Waals surface area contributed by atoms with Crippen molar-refractivity contribution >= 4 is 12.0 Å². The van der Waals surface area contributed by atoms with Crippen molar-refractivity contribution in [1.29, 1.82) is 0 Å². The number of rotatable bonds is 5. The van der Waals surface area contributed by atoms with E-state index in [1.54, 1.807) is 12.5 Å². The fourth-order valence-corrected chi connectivity index (χ4v) is 3.19. The van der Waals surface area contributed by atoms with Gasteiger partial charge in [0.25, 0.3) is 6.01 Å². The Hall–Kier alpha value is -3.09. The molecule has 1 unspecified atom stereocenters. The number of hydrogen-bond acceptors (Lipinski definition) is 6. The van der Waals surface area contributed by atoms with Gasteiger partial charge in [-0.2, -0.15) is 4.98 Å². The zero-order chi connectivity index (χ0) is 17.2. The molecule has 1 fully saturated rings. The van der Waals surface area contributed by atoms with E-state index in [4.69, 9.17) is 13.9 Å². The molecule has 0 amide bonds. The van der Waals surface area contributed by atoms with Crippen LogP contribution in [-0.2, 0) is 4.79 Å². The molecule has 0 aliphatic carbocycles. The standard InChI is InChI=1S/C18H17N3O4/c22-17(23)8-14-2-1-7-21(14)18-20-15(10-24-18)12-3-5-13(6-4-12)16-9-19-11-25-16/h3-6,9-11,14H,1-2,7-8H2,(H,22,23). The Bertz CT molecular complexity index is 855. The largest absolute Gasteiger partial charge is 0.481 e. The number of carboxylic acid groups (broad SMARTS) is 1. The summed E-state index contributed by atoms with van der Waals surface area (Å²) in [5.74, 6) is -0.0901. The highest BCUT2D eigenvalue weighted by Crippen LogP contribution is 2.30. The lowest BCUT2D eigenvalue weighted by Gasteiger charge is -2.20. The molecule has 0 saturated carbocycles. The molecule has 1 N–H and O–H groups in total. The van der Waals surface area contributed by atoms with Gasteiger partial charge in [-0.15, -0.1) is 0 Å². The second-order valence-corrected chi connectivity index (χ2v) is 6.05. The summed E-state index contributed by atoms with van der Waals surface area (Å²) in [7, 11) is 0. The van der Waals surface area contributed by atoms with Crippen LogP contribution in [0, 0.1) is 0 Å². The monoisotopic (exact) mass is 339 g/mol. The molecule has 3 heterocycles. The van der Waals surface area contributed by atoms with Crippen molar-refractivity contribution in [3.8, 4) is 22.6 Å². The number of oxazole rings is 2. The third-order valence-electron chi connectivity index (χ3n) is 4.42. The molecular formula is C18H17N3O4. The van der Waals surface area contributed by atoms with Crippen LogP contribution in [0.2, 0.25) is 0 Å². The summed E-state index contributed by atoms with van der Waals surface area (Å²) in [6.07, 6.45) is 6.56. The smallest absolute Gasteiger partial charge is 0.305 e. The predicted octanol–water partition coefficient (Wildman–Crippen LogP) is 3.44. The first-order valence-electron chi connectivity index (χ1n) is 8.14.